The van der Waals surface area contributed by atoms with Gasteiger partial charge in [0.15, 0.2) is 0 Å². The van der Waals surface area contributed by atoms with Crippen LogP contribution in [0.4, 0.5) is 9.18 Å². The van der Waals surface area contributed by atoms with Gasteiger partial charge in [-0.25, -0.2) is 9.18 Å². The van der Waals surface area contributed by atoms with Crippen molar-refractivity contribution < 1.29 is 19.0 Å². The van der Waals surface area contributed by atoms with E-state index in [9.17, 15) is 14.3 Å². The zero-order valence-electron chi connectivity index (χ0n) is 10.5. The highest BCUT2D eigenvalue weighted by Gasteiger charge is 2.49. The van der Waals surface area contributed by atoms with Gasteiger partial charge in [-0.2, -0.15) is 0 Å². The van der Waals surface area contributed by atoms with E-state index in [4.69, 9.17) is 4.74 Å². The Morgan fingerprint density at radius 1 is 1.41 bits per heavy atom. The van der Waals surface area contributed by atoms with E-state index < -0.39 is 30.0 Å². The van der Waals surface area contributed by atoms with Crippen molar-refractivity contribution in [1.82, 2.24) is 4.90 Å². The third-order valence-electron chi connectivity index (χ3n) is 3.47. The quantitative estimate of drug-likeness (QED) is 0.707. The van der Waals surface area contributed by atoms with Gasteiger partial charge < -0.3 is 14.7 Å². The molecule has 2 unspecified atom stereocenters. The molecule has 0 aromatic rings. The first-order valence-corrected chi connectivity index (χ1v) is 6.11. The highest BCUT2D eigenvalue weighted by atomic mass is 19.1. The van der Waals surface area contributed by atoms with Crippen LogP contribution in [-0.2, 0) is 4.74 Å². The number of piperidine rings is 2. The van der Waals surface area contributed by atoms with Gasteiger partial charge in [0.2, 0.25) is 0 Å². The lowest BCUT2D eigenvalue weighted by molar-refractivity contribution is -0.107. The number of alkyl halides is 1. The fourth-order valence-corrected chi connectivity index (χ4v) is 2.65. The van der Waals surface area contributed by atoms with Crippen LogP contribution in [0.2, 0.25) is 0 Å². The molecule has 2 saturated heterocycles. The number of ether oxygens (including phenoxy) is 1. The molecule has 0 radical (unpaired) electrons. The van der Waals surface area contributed by atoms with E-state index in [1.54, 1.807) is 20.8 Å². The molecule has 3 fully saturated rings. The molecule has 1 aliphatic carbocycles. The third-order valence-corrected chi connectivity index (χ3v) is 3.47. The van der Waals surface area contributed by atoms with Gasteiger partial charge in [0.1, 0.15) is 11.8 Å². The summed E-state index contributed by atoms with van der Waals surface area (Å²) in [6.07, 6.45) is -1.34. The first-order valence-electron chi connectivity index (χ1n) is 6.11. The van der Waals surface area contributed by atoms with Crippen molar-refractivity contribution in [3.05, 3.63) is 0 Å². The average molecular weight is 245 g/mol. The minimum absolute atomic E-state index is 0.150. The van der Waals surface area contributed by atoms with Crippen molar-refractivity contribution in [3.63, 3.8) is 0 Å². The van der Waals surface area contributed by atoms with E-state index in [0.29, 0.717) is 13.0 Å². The predicted molar refractivity (Wildman–Crippen MR) is 60.4 cm³/mol. The van der Waals surface area contributed by atoms with Gasteiger partial charge in [0.25, 0.3) is 0 Å². The van der Waals surface area contributed by atoms with E-state index in [1.807, 2.05) is 0 Å². The Hall–Kier alpha value is -0.840. The smallest absolute Gasteiger partial charge is 0.410 e. The molecule has 17 heavy (non-hydrogen) atoms. The predicted octanol–water partition coefficient (Wildman–Crippen LogP) is 1.71. The van der Waals surface area contributed by atoms with Crippen molar-refractivity contribution in [3.8, 4) is 0 Å². The van der Waals surface area contributed by atoms with Gasteiger partial charge in [-0.15, -0.1) is 0 Å². The van der Waals surface area contributed by atoms with Crippen molar-refractivity contribution in [1.29, 1.82) is 0 Å². The SMILES string of the molecule is CC(C)(C)OC(=O)N1CC2CCC1[C@H](F)[C@H]2O. The number of halogens is 1. The van der Waals surface area contributed by atoms with Crippen molar-refractivity contribution in [2.45, 2.75) is 57.5 Å². The van der Waals surface area contributed by atoms with Crippen LogP contribution in [0.25, 0.3) is 0 Å². The molecule has 2 aliphatic heterocycles. The van der Waals surface area contributed by atoms with Crippen LogP contribution in [0, 0.1) is 5.92 Å². The number of carbonyl (C=O) groups is 1. The molecule has 1 amide bonds. The Morgan fingerprint density at radius 3 is 2.59 bits per heavy atom. The summed E-state index contributed by atoms with van der Waals surface area (Å²) >= 11 is 0. The molecule has 0 spiro atoms. The monoisotopic (exact) mass is 245 g/mol. The number of fused-ring (bicyclic) bond motifs is 3. The fraction of sp³-hybridized carbons (Fsp3) is 0.917. The minimum atomic E-state index is -1.34. The van der Waals surface area contributed by atoms with Crippen LogP contribution >= 0.6 is 0 Å². The first kappa shape index (κ1) is 12.6. The summed E-state index contributed by atoms with van der Waals surface area (Å²) in [4.78, 5) is 13.4. The topological polar surface area (TPSA) is 49.8 Å². The second-order valence-corrected chi connectivity index (χ2v) is 5.97. The van der Waals surface area contributed by atoms with Gasteiger partial charge >= 0.3 is 6.09 Å². The molecule has 4 nitrogen and oxygen atoms in total. The van der Waals surface area contributed by atoms with Crippen LogP contribution in [-0.4, -0.2) is 46.6 Å². The van der Waals surface area contributed by atoms with Gasteiger partial charge in [0, 0.05) is 12.5 Å². The maximum Gasteiger partial charge on any atom is 0.410 e. The number of hydrogen-bond donors (Lipinski definition) is 1. The van der Waals surface area contributed by atoms with Gasteiger partial charge in [-0.3, -0.25) is 0 Å². The van der Waals surface area contributed by atoms with E-state index in [0.717, 1.165) is 6.42 Å². The molecule has 2 heterocycles. The summed E-state index contributed by atoms with van der Waals surface area (Å²) in [6.45, 7) is 5.76. The molecule has 1 saturated carbocycles. The Labute approximate surface area is 101 Å². The summed E-state index contributed by atoms with van der Waals surface area (Å²) in [5.41, 5.74) is -0.571. The average Bonchev–Trinajstić information content (AvgIpc) is 2.22. The normalized spacial score (nSPS) is 37.1. The highest BCUT2D eigenvalue weighted by molar-refractivity contribution is 5.69. The van der Waals surface area contributed by atoms with Crippen molar-refractivity contribution in [2.75, 3.05) is 6.54 Å². The summed E-state index contributed by atoms with van der Waals surface area (Å²) in [6, 6.07) is -0.523. The summed E-state index contributed by atoms with van der Waals surface area (Å²) < 4.78 is 19.1. The Kier molecular flexibility index (Phi) is 3.06. The second-order valence-electron chi connectivity index (χ2n) is 5.97. The molecule has 2 bridgehead atoms. The Balaban J connectivity index is 2.06. The molecule has 0 aromatic heterocycles. The number of nitrogens with zero attached hydrogens (tertiary/aromatic N) is 1. The zero-order valence-corrected chi connectivity index (χ0v) is 10.5. The summed E-state index contributed by atoms with van der Waals surface area (Å²) in [7, 11) is 0. The molecule has 4 atom stereocenters. The molecule has 3 rings (SSSR count). The van der Waals surface area contributed by atoms with Crippen LogP contribution in [0.15, 0.2) is 0 Å². The van der Waals surface area contributed by atoms with Crippen LogP contribution in [0.5, 0.6) is 0 Å². The highest BCUT2D eigenvalue weighted by Crippen LogP contribution is 2.37. The van der Waals surface area contributed by atoms with Crippen LogP contribution in [0.3, 0.4) is 0 Å². The molecule has 98 valence electrons. The first-order chi connectivity index (χ1) is 7.79. The molecule has 1 N–H and O–H groups in total. The van der Waals surface area contributed by atoms with Crippen LogP contribution in [0.1, 0.15) is 33.6 Å². The number of amides is 1. The number of carbonyl (C=O) groups excluding carboxylic acids is 1. The Morgan fingerprint density at radius 2 is 2.06 bits per heavy atom. The van der Waals surface area contributed by atoms with Crippen molar-refractivity contribution in [2.24, 2.45) is 5.92 Å². The molecule has 5 heteroatoms. The summed E-state index contributed by atoms with van der Waals surface area (Å²) in [5.74, 6) is -0.150. The number of aliphatic hydroxyl groups excluding tert-OH is 1. The number of rotatable bonds is 0. The van der Waals surface area contributed by atoms with Crippen molar-refractivity contribution >= 4 is 6.09 Å². The lowest BCUT2D eigenvalue weighted by atomic mass is 9.76. The fourth-order valence-electron chi connectivity index (χ4n) is 2.65. The van der Waals surface area contributed by atoms with E-state index in [2.05, 4.69) is 0 Å². The third kappa shape index (κ3) is 2.39. The number of hydrogen-bond acceptors (Lipinski definition) is 3. The van der Waals surface area contributed by atoms with Gasteiger partial charge in [-0.1, -0.05) is 0 Å². The maximum absolute atomic E-state index is 13.8. The molecule has 3 aliphatic rings. The maximum atomic E-state index is 13.8. The standard InChI is InChI=1S/C12H20FNO3/c1-12(2,3)17-11(16)14-6-7-4-5-8(14)9(13)10(7)15/h7-10,15H,4-6H2,1-3H3/t7?,8?,9-,10-/m0/s1. The lowest BCUT2D eigenvalue weighted by Gasteiger charge is -2.49. The van der Waals surface area contributed by atoms with Gasteiger partial charge in [0.05, 0.1) is 12.1 Å². The minimum Gasteiger partial charge on any atom is -0.444 e. The second kappa shape index (κ2) is 4.12. The van der Waals surface area contributed by atoms with Crippen LogP contribution < -0.4 is 0 Å². The summed E-state index contributed by atoms with van der Waals surface area (Å²) in [5, 5.41) is 9.65. The zero-order chi connectivity index (χ0) is 12.8. The van der Waals surface area contributed by atoms with E-state index in [1.165, 1.54) is 4.90 Å². The van der Waals surface area contributed by atoms with Gasteiger partial charge in [-0.05, 0) is 33.6 Å². The van der Waals surface area contributed by atoms with E-state index >= 15 is 0 Å². The Bertz CT molecular complexity index is 313. The molecular formula is C12H20FNO3. The number of aliphatic hydroxyl groups is 1. The largest absolute Gasteiger partial charge is 0.444 e. The molecule has 0 aromatic carbocycles. The molecular weight excluding hydrogens is 225 g/mol. The lowest BCUT2D eigenvalue weighted by Crippen LogP contribution is -2.63. The van der Waals surface area contributed by atoms with E-state index in [-0.39, 0.29) is 5.92 Å².